The van der Waals surface area contributed by atoms with Crippen molar-refractivity contribution in [1.29, 1.82) is 0 Å². The molecule has 1 aromatic carbocycles. The zero-order valence-corrected chi connectivity index (χ0v) is 16.2. The van der Waals surface area contributed by atoms with E-state index in [9.17, 15) is 9.59 Å². The average molecular weight is 383 g/mol. The second-order valence-electron chi connectivity index (χ2n) is 6.27. The van der Waals surface area contributed by atoms with Crippen molar-refractivity contribution in [2.75, 3.05) is 36.4 Å². The molecule has 2 rings (SSSR count). The number of carbonyl (C=O) groups excluding carboxylic acids is 2. The largest absolute Gasteiger partial charge is 0.367 e. The minimum atomic E-state index is -0.228. The lowest BCUT2D eigenvalue weighted by atomic mass is 10.1. The van der Waals surface area contributed by atoms with Crippen molar-refractivity contribution in [2.24, 2.45) is 5.92 Å². The van der Waals surface area contributed by atoms with E-state index in [-0.39, 0.29) is 22.8 Å². The summed E-state index contributed by atoms with van der Waals surface area (Å²) in [5, 5.41) is 6.26. The molecule has 1 aliphatic heterocycles. The molecule has 0 aliphatic carbocycles. The van der Waals surface area contributed by atoms with Crippen LogP contribution in [0.2, 0.25) is 5.02 Å². The van der Waals surface area contributed by atoms with Crippen molar-refractivity contribution >= 4 is 52.1 Å². The zero-order chi connectivity index (χ0) is 18.6. The van der Waals surface area contributed by atoms with E-state index in [0.29, 0.717) is 23.8 Å². The standard InChI is InChI=1S/C17H23ClN4O2S/c1-11(2)16(24)22-8-6-21(7-9-22)15-5-4-13(10-14(15)18)20-17(25)19-12(3)23/h4-5,10-11H,6-9H2,1-3H3,(H2,19,20,23,25). The maximum absolute atomic E-state index is 12.1. The van der Waals surface area contributed by atoms with Crippen molar-refractivity contribution in [3.63, 3.8) is 0 Å². The molecular weight excluding hydrogens is 360 g/mol. The summed E-state index contributed by atoms with van der Waals surface area (Å²) in [6.07, 6.45) is 0. The molecule has 0 aromatic heterocycles. The number of hydrogen-bond donors (Lipinski definition) is 2. The molecule has 1 aromatic rings. The number of nitrogens with zero attached hydrogens (tertiary/aromatic N) is 2. The molecule has 1 fully saturated rings. The van der Waals surface area contributed by atoms with Gasteiger partial charge in [0.25, 0.3) is 0 Å². The van der Waals surface area contributed by atoms with Gasteiger partial charge in [0.1, 0.15) is 0 Å². The van der Waals surface area contributed by atoms with Crippen LogP contribution in [0.25, 0.3) is 0 Å². The Morgan fingerprint density at radius 1 is 1.20 bits per heavy atom. The molecule has 8 heteroatoms. The van der Waals surface area contributed by atoms with Gasteiger partial charge in [0.05, 0.1) is 10.7 Å². The van der Waals surface area contributed by atoms with Gasteiger partial charge in [-0.15, -0.1) is 0 Å². The molecule has 0 saturated carbocycles. The predicted octanol–water partition coefficient (Wildman–Crippen LogP) is 2.48. The fourth-order valence-corrected chi connectivity index (χ4v) is 3.26. The lowest BCUT2D eigenvalue weighted by Gasteiger charge is -2.37. The normalized spacial score (nSPS) is 14.4. The number of halogens is 1. The molecule has 2 N–H and O–H groups in total. The molecule has 136 valence electrons. The van der Waals surface area contributed by atoms with Gasteiger partial charge in [0.2, 0.25) is 11.8 Å². The van der Waals surface area contributed by atoms with Crippen LogP contribution in [0.15, 0.2) is 18.2 Å². The van der Waals surface area contributed by atoms with Gasteiger partial charge in [-0.25, -0.2) is 0 Å². The summed E-state index contributed by atoms with van der Waals surface area (Å²) in [5.74, 6) is -0.0150. The quantitative estimate of drug-likeness (QED) is 0.786. The Labute approximate surface area is 158 Å². The number of amides is 2. The van der Waals surface area contributed by atoms with E-state index in [1.165, 1.54) is 6.92 Å². The molecule has 25 heavy (non-hydrogen) atoms. The molecule has 6 nitrogen and oxygen atoms in total. The third kappa shape index (κ3) is 5.31. The third-order valence-electron chi connectivity index (χ3n) is 3.92. The van der Waals surface area contributed by atoms with E-state index >= 15 is 0 Å². The predicted molar refractivity (Wildman–Crippen MR) is 105 cm³/mol. The van der Waals surface area contributed by atoms with Crippen LogP contribution < -0.4 is 15.5 Å². The summed E-state index contributed by atoms with van der Waals surface area (Å²) in [7, 11) is 0. The molecule has 1 aliphatic rings. The third-order valence-corrected chi connectivity index (χ3v) is 4.43. The van der Waals surface area contributed by atoms with E-state index in [1.807, 2.05) is 30.9 Å². The van der Waals surface area contributed by atoms with Crippen LogP contribution in [-0.2, 0) is 9.59 Å². The van der Waals surface area contributed by atoms with Crippen molar-refractivity contribution < 1.29 is 9.59 Å². The minimum Gasteiger partial charge on any atom is -0.367 e. The molecule has 0 radical (unpaired) electrons. The molecular formula is C17H23ClN4O2S. The Morgan fingerprint density at radius 2 is 1.84 bits per heavy atom. The number of hydrogen-bond acceptors (Lipinski definition) is 4. The van der Waals surface area contributed by atoms with Gasteiger partial charge in [0.15, 0.2) is 5.11 Å². The van der Waals surface area contributed by atoms with Gasteiger partial charge < -0.3 is 20.4 Å². The first-order valence-electron chi connectivity index (χ1n) is 8.19. The lowest BCUT2D eigenvalue weighted by Crippen LogP contribution is -2.50. The van der Waals surface area contributed by atoms with Gasteiger partial charge in [-0.2, -0.15) is 0 Å². The van der Waals surface area contributed by atoms with Gasteiger partial charge in [0, 0.05) is 44.7 Å². The monoisotopic (exact) mass is 382 g/mol. The van der Waals surface area contributed by atoms with Crippen molar-refractivity contribution in [2.45, 2.75) is 20.8 Å². The SMILES string of the molecule is CC(=O)NC(=S)Nc1ccc(N2CCN(C(=O)C(C)C)CC2)c(Cl)c1. The molecule has 1 heterocycles. The number of piperazine rings is 1. The van der Waals surface area contributed by atoms with Crippen LogP contribution in [0.3, 0.4) is 0 Å². The Balaban J connectivity index is 1.99. The highest BCUT2D eigenvalue weighted by Crippen LogP contribution is 2.29. The van der Waals surface area contributed by atoms with E-state index in [1.54, 1.807) is 6.07 Å². The highest BCUT2D eigenvalue weighted by atomic mass is 35.5. The number of anilines is 2. The van der Waals surface area contributed by atoms with E-state index in [4.69, 9.17) is 23.8 Å². The summed E-state index contributed by atoms with van der Waals surface area (Å²) in [6.45, 7) is 8.11. The Hall–Kier alpha value is -1.86. The summed E-state index contributed by atoms with van der Waals surface area (Å²) in [5.41, 5.74) is 1.63. The Kier molecular flexibility index (Phi) is 6.61. The average Bonchev–Trinajstić information content (AvgIpc) is 2.53. The maximum atomic E-state index is 12.1. The smallest absolute Gasteiger partial charge is 0.225 e. The fourth-order valence-electron chi connectivity index (χ4n) is 2.70. The van der Waals surface area contributed by atoms with E-state index in [2.05, 4.69) is 15.5 Å². The summed E-state index contributed by atoms with van der Waals surface area (Å²) in [4.78, 5) is 27.1. The molecule has 1 saturated heterocycles. The molecule has 0 atom stereocenters. The first kappa shape index (κ1) is 19.5. The summed E-state index contributed by atoms with van der Waals surface area (Å²) >= 11 is 11.4. The molecule has 0 spiro atoms. The fraction of sp³-hybridized carbons (Fsp3) is 0.471. The number of rotatable bonds is 3. The van der Waals surface area contributed by atoms with Crippen LogP contribution in [0.1, 0.15) is 20.8 Å². The van der Waals surface area contributed by atoms with Crippen LogP contribution in [-0.4, -0.2) is 48.0 Å². The van der Waals surface area contributed by atoms with Crippen molar-refractivity contribution in [1.82, 2.24) is 10.2 Å². The summed E-state index contributed by atoms with van der Waals surface area (Å²) < 4.78 is 0. The number of nitrogens with one attached hydrogen (secondary N) is 2. The van der Waals surface area contributed by atoms with Gasteiger partial charge in [-0.1, -0.05) is 25.4 Å². The number of thiocarbonyl (C=S) groups is 1. The Morgan fingerprint density at radius 3 is 2.36 bits per heavy atom. The zero-order valence-electron chi connectivity index (χ0n) is 14.6. The number of carbonyl (C=O) groups is 2. The second kappa shape index (κ2) is 8.49. The maximum Gasteiger partial charge on any atom is 0.225 e. The van der Waals surface area contributed by atoms with Crippen LogP contribution in [0, 0.1) is 5.92 Å². The highest BCUT2D eigenvalue weighted by molar-refractivity contribution is 7.80. The van der Waals surface area contributed by atoms with E-state index < -0.39 is 0 Å². The van der Waals surface area contributed by atoms with E-state index in [0.717, 1.165) is 18.8 Å². The Bertz CT molecular complexity index is 673. The van der Waals surface area contributed by atoms with Crippen LogP contribution >= 0.6 is 23.8 Å². The van der Waals surface area contributed by atoms with Gasteiger partial charge >= 0.3 is 0 Å². The molecule has 0 unspecified atom stereocenters. The van der Waals surface area contributed by atoms with Gasteiger partial charge in [-0.05, 0) is 30.4 Å². The minimum absolute atomic E-state index is 0.0212. The van der Waals surface area contributed by atoms with Gasteiger partial charge in [-0.3, -0.25) is 9.59 Å². The molecule has 0 bridgehead atoms. The number of benzene rings is 1. The second-order valence-corrected chi connectivity index (χ2v) is 7.08. The first-order chi connectivity index (χ1) is 11.8. The van der Waals surface area contributed by atoms with Crippen molar-refractivity contribution in [3.05, 3.63) is 23.2 Å². The first-order valence-corrected chi connectivity index (χ1v) is 8.98. The van der Waals surface area contributed by atoms with Crippen molar-refractivity contribution in [3.8, 4) is 0 Å². The topological polar surface area (TPSA) is 64.7 Å². The summed E-state index contributed by atoms with van der Waals surface area (Å²) in [6, 6.07) is 5.55. The molecule has 2 amide bonds. The highest BCUT2D eigenvalue weighted by Gasteiger charge is 2.23. The van der Waals surface area contributed by atoms with Crippen LogP contribution in [0.4, 0.5) is 11.4 Å². The van der Waals surface area contributed by atoms with Crippen LogP contribution in [0.5, 0.6) is 0 Å². The lowest BCUT2D eigenvalue weighted by molar-refractivity contribution is -0.134.